The Kier molecular flexibility index (Phi) is 5.75. The molecule has 1 amide bonds. The quantitative estimate of drug-likeness (QED) is 0.683. The molecule has 1 atom stereocenters. The molecule has 5 nitrogen and oxygen atoms in total. The molecule has 1 heterocycles. The van der Waals surface area contributed by atoms with Crippen LogP contribution in [0.25, 0.3) is 0 Å². The Hall–Kier alpha value is -1.88. The lowest BCUT2D eigenvalue weighted by molar-refractivity contribution is 0.0963. The summed E-state index contributed by atoms with van der Waals surface area (Å²) in [6.45, 7) is 5.58. The van der Waals surface area contributed by atoms with E-state index in [1.807, 2.05) is 32.0 Å². The maximum atomic E-state index is 12.2. The van der Waals surface area contributed by atoms with Crippen molar-refractivity contribution < 1.29 is 14.3 Å². The number of rotatable bonds is 4. The van der Waals surface area contributed by atoms with Crippen LogP contribution in [0.2, 0.25) is 0 Å². The van der Waals surface area contributed by atoms with Crippen LogP contribution in [-0.4, -0.2) is 37.8 Å². The molecular weight excluding hydrogens is 268 g/mol. The Morgan fingerprint density at radius 2 is 2.38 bits per heavy atom. The number of aliphatic imine (C=N–C) groups is 1. The Bertz CT molecular complexity index is 508. The molecule has 1 fully saturated rings. The highest BCUT2D eigenvalue weighted by molar-refractivity contribution is 6.04. The first-order chi connectivity index (χ1) is 10.2. The van der Waals surface area contributed by atoms with Crippen molar-refractivity contribution in [1.82, 2.24) is 5.32 Å². The molecule has 21 heavy (non-hydrogen) atoms. The van der Waals surface area contributed by atoms with Crippen molar-refractivity contribution in [2.75, 3.05) is 19.8 Å². The minimum absolute atomic E-state index is 0.135. The molecule has 2 rings (SSSR count). The third kappa shape index (κ3) is 4.86. The number of amides is 1. The van der Waals surface area contributed by atoms with Crippen molar-refractivity contribution in [2.45, 2.75) is 32.8 Å². The minimum Gasteiger partial charge on any atom is -0.465 e. The van der Waals surface area contributed by atoms with Crippen LogP contribution in [0.15, 0.2) is 29.3 Å². The fourth-order valence-corrected chi connectivity index (χ4v) is 2.19. The molecule has 0 aliphatic carbocycles. The maximum absolute atomic E-state index is 12.2. The van der Waals surface area contributed by atoms with Crippen molar-refractivity contribution in [3.63, 3.8) is 0 Å². The van der Waals surface area contributed by atoms with Gasteiger partial charge in [-0.1, -0.05) is 17.7 Å². The fraction of sp³-hybridized carbons (Fsp3) is 0.500. The van der Waals surface area contributed by atoms with Crippen LogP contribution in [0.5, 0.6) is 0 Å². The monoisotopic (exact) mass is 290 g/mol. The van der Waals surface area contributed by atoms with Gasteiger partial charge >= 0.3 is 0 Å². The van der Waals surface area contributed by atoms with Crippen molar-refractivity contribution in [2.24, 2.45) is 4.99 Å². The summed E-state index contributed by atoms with van der Waals surface area (Å²) in [5.41, 5.74) is 1.64. The van der Waals surface area contributed by atoms with Crippen molar-refractivity contribution in [3.05, 3.63) is 35.4 Å². The normalized spacial score (nSPS) is 18.6. The SMILES string of the molecule is CCOC(=NCC1CCCO1)NC(=O)c1cccc(C)c1. The van der Waals surface area contributed by atoms with E-state index in [9.17, 15) is 4.79 Å². The summed E-state index contributed by atoms with van der Waals surface area (Å²) in [7, 11) is 0. The zero-order chi connectivity index (χ0) is 15.1. The van der Waals surface area contributed by atoms with Gasteiger partial charge in [0.25, 0.3) is 11.9 Å². The van der Waals surface area contributed by atoms with Gasteiger partial charge in [0.05, 0.1) is 19.3 Å². The number of carbonyl (C=O) groups is 1. The van der Waals surface area contributed by atoms with E-state index in [0.29, 0.717) is 18.7 Å². The molecule has 5 heteroatoms. The Labute approximate surface area is 125 Å². The number of amidine groups is 1. The second kappa shape index (κ2) is 7.78. The zero-order valence-corrected chi connectivity index (χ0v) is 12.6. The molecule has 0 aromatic heterocycles. The van der Waals surface area contributed by atoms with Gasteiger partial charge in [-0.15, -0.1) is 0 Å². The number of aryl methyl sites for hydroxylation is 1. The van der Waals surface area contributed by atoms with Crippen LogP contribution in [0.4, 0.5) is 0 Å². The van der Waals surface area contributed by atoms with Gasteiger partial charge in [0.1, 0.15) is 0 Å². The predicted molar refractivity (Wildman–Crippen MR) is 81.5 cm³/mol. The molecule has 1 aromatic carbocycles. The third-order valence-electron chi connectivity index (χ3n) is 3.24. The molecule has 0 saturated carbocycles. The molecule has 1 N–H and O–H groups in total. The molecule has 1 aromatic rings. The van der Waals surface area contributed by atoms with Gasteiger partial charge in [-0.3, -0.25) is 10.1 Å². The van der Waals surface area contributed by atoms with Crippen LogP contribution in [0, 0.1) is 6.92 Å². The van der Waals surface area contributed by atoms with Gasteiger partial charge in [-0.05, 0) is 38.8 Å². The summed E-state index contributed by atoms with van der Waals surface area (Å²) in [5.74, 6) is -0.210. The van der Waals surface area contributed by atoms with Crippen LogP contribution in [-0.2, 0) is 9.47 Å². The molecule has 1 saturated heterocycles. The standard InChI is InChI=1S/C16H22N2O3/c1-3-20-16(17-11-14-8-5-9-21-14)18-15(19)13-7-4-6-12(2)10-13/h4,6-7,10,14H,3,5,8-9,11H2,1-2H3,(H,17,18,19). The zero-order valence-electron chi connectivity index (χ0n) is 12.6. The van der Waals surface area contributed by atoms with E-state index in [1.54, 1.807) is 6.07 Å². The van der Waals surface area contributed by atoms with E-state index in [4.69, 9.17) is 9.47 Å². The molecule has 1 aliphatic heterocycles. The first kappa shape index (κ1) is 15.5. The summed E-state index contributed by atoms with van der Waals surface area (Å²) in [6, 6.07) is 7.67. The average Bonchev–Trinajstić information content (AvgIpc) is 2.98. The molecule has 114 valence electrons. The van der Waals surface area contributed by atoms with Crippen LogP contribution in [0.3, 0.4) is 0 Å². The molecule has 0 bridgehead atoms. The van der Waals surface area contributed by atoms with E-state index in [1.165, 1.54) is 0 Å². The first-order valence-electron chi connectivity index (χ1n) is 7.36. The summed E-state index contributed by atoms with van der Waals surface area (Å²) in [6.07, 6.45) is 2.21. The summed E-state index contributed by atoms with van der Waals surface area (Å²) in [5, 5.41) is 2.72. The van der Waals surface area contributed by atoms with Crippen molar-refractivity contribution >= 4 is 11.9 Å². The summed E-state index contributed by atoms with van der Waals surface area (Å²) in [4.78, 5) is 16.5. The second-order valence-electron chi connectivity index (χ2n) is 5.04. The number of hydrogen-bond acceptors (Lipinski definition) is 4. The topological polar surface area (TPSA) is 59.9 Å². The molecule has 1 aliphatic rings. The smallest absolute Gasteiger partial charge is 0.291 e. The van der Waals surface area contributed by atoms with Gasteiger partial charge in [0, 0.05) is 12.2 Å². The Morgan fingerprint density at radius 1 is 1.52 bits per heavy atom. The van der Waals surface area contributed by atoms with Gasteiger partial charge in [-0.25, -0.2) is 4.99 Å². The van der Waals surface area contributed by atoms with Gasteiger partial charge in [-0.2, -0.15) is 0 Å². The van der Waals surface area contributed by atoms with Gasteiger partial charge < -0.3 is 9.47 Å². The predicted octanol–water partition coefficient (Wildman–Crippen LogP) is 2.30. The fourth-order valence-electron chi connectivity index (χ4n) is 2.19. The molecular formula is C16H22N2O3. The largest absolute Gasteiger partial charge is 0.465 e. The number of carbonyl (C=O) groups excluding carboxylic acids is 1. The van der Waals surface area contributed by atoms with Gasteiger partial charge in [0.15, 0.2) is 0 Å². The van der Waals surface area contributed by atoms with Crippen molar-refractivity contribution in [1.29, 1.82) is 0 Å². The lowest BCUT2D eigenvalue weighted by atomic mass is 10.1. The second-order valence-corrected chi connectivity index (χ2v) is 5.04. The Balaban J connectivity index is 1.97. The lowest BCUT2D eigenvalue weighted by Gasteiger charge is -2.11. The highest BCUT2D eigenvalue weighted by Crippen LogP contribution is 2.12. The molecule has 0 spiro atoms. The number of ether oxygens (including phenoxy) is 2. The average molecular weight is 290 g/mol. The van der Waals surface area contributed by atoms with Crippen LogP contribution >= 0.6 is 0 Å². The molecule has 1 unspecified atom stereocenters. The van der Waals surface area contributed by atoms with Crippen LogP contribution in [0.1, 0.15) is 35.7 Å². The van der Waals surface area contributed by atoms with E-state index >= 15 is 0 Å². The van der Waals surface area contributed by atoms with E-state index < -0.39 is 0 Å². The number of nitrogens with zero attached hydrogens (tertiary/aromatic N) is 1. The van der Waals surface area contributed by atoms with E-state index in [-0.39, 0.29) is 18.0 Å². The van der Waals surface area contributed by atoms with Crippen LogP contribution < -0.4 is 5.32 Å². The maximum Gasteiger partial charge on any atom is 0.291 e. The number of nitrogens with one attached hydrogen (secondary N) is 1. The lowest BCUT2D eigenvalue weighted by Crippen LogP contribution is -2.33. The summed E-state index contributed by atoms with van der Waals surface area (Å²) >= 11 is 0. The number of benzene rings is 1. The highest BCUT2D eigenvalue weighted by Gasteiger charge is 2.16. The Morgan fingerprint density at radius 3 is 3.05 bits per heavy atom. The van der Waals surface area contributed by atoms with E-state index in [0.717, 1.165) is 25.0 Å². The third-order valence-corrected chi connectivity index (χ3v) is 3.24. The minimum atomic E-state index is -0.210. The highest BCUT2D eigenvalue weighted by atomic mass is 16.5. The van der Waals surface area contributed by atoms with Crippen molar-refractivity contribution in [3.8, 4) is 0 Å². The van der Waals surface area contributed by atoms with E-state index in [2.05, 4.69) is 10.3 Å². The molecule has 0 radical (unpaired) electrons. The van der Waals surface area contributed by atoms with Gasteiger partial charge in [0.2, 0.25) is 0 Å². The first-order valence-corrected chi connectivity index (χ1v) is 7.36. The summed E-state index contributed by atoms with van der Waals surface area (Å²) < 4.78 is 10.9. The number of hydrogen-bond donors (Lipinski definition) is 1.